The minimum absolute atomic E-state index is 0.305. The zero-order valence-electron chi connectivity index (χ0n) is 9.29. The molecule has 2 rings (SSSR count). The minimum Gasteiger partial charge on any atom is -0.398 e. The van der Waals surface area contributed by atoms with Gasteiger partial charge in [-0.05, 0) is 30.3 Å². The van der Waals surface area contributed by atoms with Crippen molar-refractivity contribution in [2.75, 3.05) is 5.73 Å². The molecule has 0 spiro atoms. The van der Waals surface area contributed by atoms with Crippen molar-refractivity contribution in [3.05, 3.63) is 57.8 Å². The summed E-state index contributed by atoms with van der Waals surface area (Å²) in [5.74, 6) is 0.110. The number of hydrogen-bond acceptors (Lipinski definition) is 2. The van der Waals surface area contributed by atoms with E-state index in [2.05, 4.69) is 0 Å². The molecule has 0 atom stereocenters. The lowest BCUT2D eigenvalue weighted by Crippen LogP contribution is -1.96. The monoisotopic (exact) mass is 301 g/mol. The van der Waals surface area contributed by atoms with Crippen molar-refractivity contribution >= 4 is 40.7 Å². The van der Waals surface area contributed by atoms with Gasteiger partial charge in [0.05, 0.1) is 5.02 Å². The van der Waals surface area contributed by atoms with Gasteiger partial charge in [-0.25, -0.2) is 4.39 Å². The van der Waals surface area contributed by atoms with Crippen molar-refractivity contribution in [3.8, 4) is 0 Å². The maximum atomic E-state index is 13.6. The van der Waals surface area contributed by atoms with E-state index in [0.29, 0.717) is 27.0 Å². The van der Waals surface area contributed by atoms with Gasteiger partial charge in [-0.1, -0.05) is 29.3 Å². The number of rotatable bonds is 3. The first-order valence-corrected chi connectivity index (χ1v) is 6.93. The van der Waals surface area contributed by atoms with Crippen LogP contribution in [-0.2, 0) is 5.75 Å². The Morgan fingerprint density at radius 3 is 2.67 bits per heavy atom. The first-order chi connectivity index (χ1) is 8.58. The Morgan fingerprint density at radius 2 is 1.94 bits per heavy atom. The third-order valence-corrected chi connectivity index (χ3v) is 4.18. The van der Waals surface area contributed by atoms with Crippen LogP contribution < -0.4 is 5.73 Å². The van der Waals surface area contributed by atoms with Gasteiger partial charge in [0.25, 0.3) is 0 Å². The second-order valence-corrected chi connectivity index (χ2v) is 5.53. The van der Waals surface area contributed by atoms with E-state index in [4.69, 9.17) is 28.9 Å². The van der Waals surface area contributed by atoms with Crippen molar-refractivity contribution in [3.63, 3.8) is 0 Å². The number of halogens is 3. The molecule has 5 heteroatoms. The molecule has 18 heavy (non-hydrogen) atoms. The maximum Gasteiger partial charge on any atom is 0.129 e. The van der Waals surface area contributed by atoms with Crippen LogP contribution in [0.5, 0.6) is 0 Å². The number of hydrogen-bond donors (Lipinski definition) is 1. The van der Waals surface area contributed by atoms with Crippen molar-refractivity contribution in [1.82, 2.24) is 0 Å². The highest BCUT2D eigenvalue weighted by atomic mass is 35.5. The van der Waals surface area contributed by atoms with Crippen LogP contribution in [0.25, 0.3) is 0 Å². The molecule has 94 valence electrons. The molecule has 0 unspecified atom stereocenters. The highest BCUT2D eigenvalue weighted by molar-refractivity contribution is 7.98. The first kappa shape index (κ1) is 13.5. The molecule has 0 aromatic heterocycles. The van der Waals surface area contributed by atoms with E-state index in [1.807, 2.05) is 0 Å². The minimum atomic E-state index is -0.305. The lowest BCUT2D eigenvalue weighted by Gasteiger charge is -2.08. The largest absolute Gasteiger partial charge is 0.398 e. The van der Waals surface area contributed by atoms with Crippen LogP contribution >= 0.6 is 35.0 Å². The van der Waals surface area contributed by atoms with E-state index in [-0.39, 0.29) is 5.82 Å². The number of thioether (sulfide) groups is 1. The van der Waals surface area contributed by atoms with Crippen LogP contribution in [-0.4, -0.2) is 0 Å². The van der Waals surface area contributed by atoms with Crippen LogP contribution in [0.4, 0.5) is 10.1 Å². The molecule has 0 aliphatic carbocycles. The molecule has 0 saturated carbocycles. The van der Waals surface area contributed by atoms with E-state index >= 15 is 0 Å². The normalized spacial score (nSPS) is 10.6. The van der Waals surface area contributed by atoms with Gasteiger partial charge in [-0.3, -0.25) is 0 Å². The van der Waals surface area contributed by atoms with Crippen LogP contribution in [0.2, 0.25) is 10.0 Å². The van der Waals surface area contributed by atoms with Crippen molar-refractivity contribution in [2.24, 2.45) is 0 Å². The first-order valence-electron chi connectivity index (χ1n) is 5.18. The van der Waals surface area contributed by atoms with E-state index in [1.165, 1.54) is 17.8 Å². The van der Waals surface area contributed by atoms with Crippen molar-refractivity contribution in [1.29, 1.82) is 0 Å². The fraction of sp³-hybridized carbons (Fsp3) is 0.0769. The number of benzene rings is 2. The predicted molar refractivity (Wildman–Crippen MR) is 76.8 cm³/mol. The van der Waals surface area contributed by atoms with Gasteiger partial charge in [0, 0.05) is 26.9 Å². The predicted octanol–water partition coefficient (Wildman–Crippen LogP) is 5.01. The summed E-state index contributed by atoms with van der Waals surface area (Å²) in [7, 11) is 0. The molecule has 0 aliphatic heterocycles. The molecule has 0 bridgehead atoms. The van der Waals surface area contributed by atoms with Gasteiger partial charge in [-0.2, -0.15) is 0 Å². The van der Waals surface area contributed by atoms with Gasteiger partial charge in [0.15, 0.2) is 0 Å². The highest BCUT2D eigenvalue weighted by Crippen LogP contribution is 2.33. The van der Waals surface area contributed by atoms with E-state index in [1.54, 1.807) is 30.3 Å². The number of nitrogens with two attached hydrogens (primary N) is 1. The number of anilines is 1. The molecular formula is C13H10Cl2FNS. The maximum absolute atomic E-state index is 13.6. The Labute approximate surface area is 119 Å². The summed E-state index contributed by atoms with van der Waals surface area (Å²) >= 11 is 13.3. The fourth-order valence-corrected chi connectivity index (χ4v) is 3.00. The lowest BCUT2D eigenvalue weighted by molar-refractivity contribution is 0.618. The summed E-state index contributed by atoms with van der Waals surface area (Å²) < 4.78 is 13.6. The SMILES string of the molecule is Nc1cccc(F)c1CSc1cc(Cl)ccc1Cl. The summed E-state index contributed by atoms with van der Waals surface area (Å²) in [6.45, 7) is 0. The molecule has 0 heterocycles. The topological polar surface area (TPSA) is 26.0 Å². The Bertz CT molecular complexity index is 555. The fourth-order valence-electron chi connectivity index (χ4n) is 1.47. The second kappa shape index (κ2) is 5.83. The molecule has 2 aromatic rings. The molecule has 0 fully saturated rings. The quantitative estimate of drug-likeness (QED) is 0.637. The van der Waals surface area contributed by atoms with Gasteiger partial charge in [-0.15, -0.1) is 11.8 Å². The third kappa shape index (κ3) is 3.10. The second-order valence-electron chi connectivity index (χ2n) is 3.67. The summed E-state index contributed by atoms with van der Waals surface area (Å²) in [5.41, 5.74) is 6.67. The summed E-state index contributed by atoms with van der Waals surface area (Å²) in [6, 6.07) is 9.85. The molecule has 0 aliphatic rings. The summed E-state index contributed by atoms with van der Waals surface area (Å²) in [4.78, 5) is 0.812. The van der Waals surface area contributed by atoms with Crippen molar-refractivity contribution < 1.29 is 4.39 Å². The molecule has 0 saturated heterocycles. The molecule has 2 aromatic carbocycles. The molecule has 0 radical (unpaired) electrons. The van der Waals surface area contributed by atoms with Crippen molar-refractivity contribution in [2.45, 2.75) is 10.6 Å². The van der Waals surface area contributed by atoms with E-state index < -0.39 is 0 Å². The van der Waals surface area contributed by atoms with Crippen LogP contribution in [0, 0.1) is 5.82 Å². The van der Waals surface area contributed by atoms with Gasteiger partial charge in [0.2, 0.25) is 0 Å². The standard InChI is InChI=1S/C13H10Cl2FNS/c14-8-4-5-10(15)13(6-8)18-7-9-11(16)2-1-3-12(9)17/h1-6H,7,17H2. The van der Waals surface area contributed by atoms with E-state index in [0.717, 1.165) is 4.90 Å². The molecule has 1 nitrogen and oxygen atoms in total. The van der Waals surface area contributed by atoms with Gasteiger partial charge in [0.1, 0.15) is 5.82 Å². The lowest BCUT2D eigenvalue weighted by atomic mass is 10.2. The van der Waals surface area contributed by atoms with Crippen LogP contribution in [0.15, 0.2) is 41.3 Å². The molecule has 0 amide bonds. The zero-order chi connectivity index (χ0) is 13.1. The highest BCUT2D eigenvalue weighted by Gasteiger charge is 2.08. The zero-order valence-corrected chi connectivity index (χ0v) is 11.6. The average molecular weight is 302 g/mol. The summed E-state index contributed by atoms with van der Waals surface area (Å²) in [6.07, 6.45) is 0. The van der Waals surface area contributed by atoms with Crippen LogP contribution in [0.1, 0.15) is 5.56 Å². The van der Waals surface area contributed by atoms with Gasteiger partial charge < -0.3 is 5.73 Å². The average Bonchev–Trinajstić information content (AvgIpc) is 2.33. The molecular weight excluding hydrogens is 292 g/mol. The van der Waals surface area contributed by atoms with Gasteiger partial charge >= 0.3 is 0 Å². The van der Waals surface area contributed by atoms with E-state index in [9.17, 15) is 4.39 Å². The smallest absolute Gasteiger partial charge is 0.129 e. The number of nitrogen functional groups attached to an aromatic ring is 1. The summed E-state index contributed by atoms with van der Waals surface area (Å²) in [5, 5.41) is 1.20. The Morgan fingerprint density at radius 1 is 1.17 bits per heavy atom. The third-order valence-electron chi connectivity index (χ3n) is 2.42. The Kier molecular flexibility index (Phi) is 4.38. The Hall–Kier alpha value is -0.900. The molecule has 2 N–H and O–H groups in total. The van der Waals surface area contributed by atoms with Crippen LogP contribution in [0.3, 0.4) is 0 Å². The Balaban J connectivity index is 2.19.